The Labute approximate surface area is 163 Å². The molecule has 1 atom stereocenters. The van der Waals surface area contributed by atoms with Gasteiger partial charge in [-0.3, -0.25) is 9.89 Å². The maximum atomic E-state index is 15.1. The lowest BCUT2D eigenvalue weighted by atomic mass is 9.94. The van der Waals surface area contributed by atoms with Crippen LogP contribution in [-0.2, 0) is 16.8 Å². The van der Waals surface area contributed by atoms with Crippen LogP contribution in [0.4, 0.5) is 4.39 Å². The molecule has 0 bridgehead atoms. The van der Waals surface area contributed by atoms with Gasteiger partial charge in [0.25, 0.3) is 5.91 Å². The fourth-order valence-electron chi connectivity index (χ4n) is 3.46. The molecule has 0 spiro atoms. The number of halogens is 1. The number of hydrogen-bond acceptors (Lipinski definition) is 4. The van der Waals surface area contributed by atoms with Gasteiger partial charge in [-0.15, -0.1) is 0 Å². The molecule has 1 amide bonds. The number of H-pyrrole nitrogens is 1. The third-order valence-electron chi connectivity index (χ3n) is 5.03. The fraction of sp³-hybridized carbons (Fsp3) is 0.316. The summed E-state index contributed by atoms with van der Waals surface area (Å²) in [5.74, 6) is -0.845. The highest BCUT2D eigenvalue weighted by Crippen LogP contribution is 2.45. The SMILES string of the molecule is CNC(=O)c1ncc2n[nH]c(C3CC3)c2c1-c1cc(C)c(CS(=O)O)cc1F. The lowest BCUT2D eigenvalue weighted by Gasteiger charge is -2.14. The molecule has 1 aliphatic carbocycles. The van der Waals surface area contributed by atoms with Gasteiger partial charge in [0, 0.05) is 35.2 Å². The molecule has 1 aliphatic rings. The minimum absolute atomic E-state index is 0.120. The van der Waals surface area contributed by atoms with Gasteiger partial charge in [-0.2, -0.15) is 5.10 Å². The van der Waals surface area contributed by atoms with E-state index in [9.17, 15) is 9.00 Å². The molecule has 0 saturated heterocycles. The maximum absolute atomic E-state index is 15.1. The van der Waals surface area contributed by atoms with Crippen LogP contribution in [0, 0.1) is 12.7 Å². The highest BCUT2D eigenvalue weighted by Gasteiger charge is 2.31. The van der Waals surface area contributed by atoms with E-state index in [1.165, 1.54) is 19.3 Å². The Morgan fingerprint density at radius 3 is 2.82 bits per heavy atom. The van der Waals surface area contributed by atoms with Crippen LogP contribution in [0.2, 0.25) is 0 Å². The van der Waals surface area contributed by atoms with Crippen LogP contribution in [0.1, 0.15) is 46.1 Å². The van der Waals surface area contributed by atoms with Crippen LogP contribution in [0.5, 0.6) is 0 Å². The number of nitrogens with zero attached hydrogens (tertiary/aromatic N) is 2. The van der Waals surface area contributed by atoms with E-state index in [0.717, 1.165) is 18.5 Å². The first-order valence-corrected chi connectivity index (χ1v) is 10.1. The summed E-state index contributed by atoms with van der Waals surface area (Å²) in [5.41, 5.74) is 3.30. The molecular formula is C19H19FN4O3S. The lowest BCUT2D eigenvalue weighted by Crippen LogP contribution is -2.20. The Kier molecular flexibility index (Phi) is 4.72. The molecule has 2 aromatic heterocycles. The molecule has 3 aromatic rings. The molecule has 146 valence electrons. The summed E-state index contributed by atoms with van der Waals surface area (Å²) in [6, 6.07) is 2.85. The normalized spacial score (nSPS) is 15.0. The summed E-state index contributed by atoms with van der Waals surface area (Å²) in [6.07, 6.45) is 3.54. The van der Waals surface area contributed by atoms with Gasteiger partial charge in [0.1, 0.15) is 17.0 Å². The van der Waals surface area contributed by atoms with Crippen molar-refractivity contribution in [1.29, 1.82) is 0 Å². The second-order valence-corrected chi connectivity index (χ2v) is 7.89. The zero-order chi connectivity index (χ0) is 20.0. The quantitative estimate of drug-likeness (QED) is 0.569. The topological polar surface area (TPSA) is 108 Å². The van der Waals surface area contributed by atoms with E-state index in [1.54, 1.807) is 13.0 Å². The predicted octanol–water partition coefficient (Wildman–Crippen LogP) is 3.03. The van der Waals surface area contributed by atoms with E-state index in [0.29, 0.717) is 33.5 Å². The third-order valence-corrected chi connectivity index (χ3v) is 5.58. The van der Waals surface area contributed by atoms with Gasteiger partial charge in [0.15, 0.2) is 11.1 Å². The van der Waals surface area contributed by atoms with Crippen molar-refractivity contribution in [2.45, 2.75) is 31.4 Å². The summed E-state index contributed by atoms with van der Waals surface area (Å²) >= 11 is -2.07. The highest BCUT2D eigenvalue weighted by molar-refractivity contribution is 7.78. The van der Waals surface area contributed by atoms with Crippen molar-refractivity contribution in [3.8, 4) is 11.1 Å². The van der Waals surface area contributed by atoms with E-state index >= 15 is 4.39 Å². The van der Waals surface area contributed by atoms with Crippen molar-refractivity contribution in [2.24, 2.45) is 0 Å². The van der Waals surface area contributed by atoms with Crippen LogP contribution < -0.4 is 5.32 Å². The molecule has 4 rings (SSSR count). The number of carbonyl (C=O) groups excluding carboxylic acids is 1. The summed E-state index contributed by atoms with van der Waals surface area (Å²) in [5, 5.41) is 10.6. The average Bonchev–Trinajstić information content (AvgIpc) is 3.41. The maximum Gasteiger partial charge on any atom is 0.270 e. The second kappa shape index (κ2) is 7.06. The molecule has 28 heavy (non-hydrogen) atoms. The van der Waals surface area contributed by atoms with Crippen LogP contribution in [0.15, 0.2) is 18.3 Å². The Morgan fingerprint density at radius 2 is 2.18 bits per heavy atom. The minimum atomic E-state index is -2.07. The molecule has 0 radical (unpaired) electrons. The standard InChI is InChI=1S/C19H19FN4O3S/c1-9-5-12(13(20)6-11(9)8-28(26)27)15-16-14(7-22-18(15)19(25)21-2)23-24-17(16)10-3-4-10/h5-7,10H,3-4,8H2,1-2H3,(H,21,25)(H,23,24)(H,26,27). The number of hydrogen-bond donors (Lipinski definition) is 3. The van der Waals surface area contributed by atoms with Crippen LogP contribution in [-0.4, -0.2) is 36.9 Å². The molecule has 1 fully saturated rings. The summed E-state index contributed by atoms with van der Waals surface area (Å²) in [7, 11) is 1.50. The predicted molar refractivity (Wildman–Crippen MR) is 104 cm³/mol. The van der Waals surface area contributed by atoms with Crippen molar-refractivity contribution in [3.63, 3.8) is 0 Å². The number of rotatable bonds is 5. The Bertz CT molecular complexity index is 1120. The van der Waals surface area contributed by atoms with E-state index in [-0.39, 0.29) is 17.0 Å². The first kappa shape index (κ1) is 18.7. The number of aryl methyl sites for hydroxylation is 1. The van der Waals surface area contributed by atoms with Crippen molar-refractivity contribution in [1.82, 2.24) is 20.5 Å². The highest BCUT2D eigenvalue weighted by atomic mass is 32.2. The van der Waals surface area contributed by atoms with E-state index in [4.69, 9.17) is 4.55 Å². The average molecular weight is 402 g/mol. The van der Waals surface area contributed by atoms with Crippen molar-refractivity contribution >= 4 is 27.9 Å². The van der Waals surface area contributed by atoms with Gasteiger partial charge < -0.3 is 9.87 Å². The number of fused-ring (bicyclic) bond motifs is 1. The van der Waals surface area contributed by atoms with Gasteiger partial charge >= 0.3 is 0 Å². The number of benzene rings is 1. The van der Waals surface area contributed by atoms with E-state index in [1.807, 2.05) is 0 Å². The van der Waals surface area contributed by atoms with Gasteiger partial charge in [0.05, 0.1) is 11.9 Å². The smallest absolute Gasteiger partial charge is 0.270 e. The summed E-state index contributed by atoms with van der Waals surface area (Å²) in [6.45, 7) is 1.75. The van der Waals surface area contributed by atoms with E-state index in [2.05, 4.69) is 20.5 Å². The Balaban J connectivity index is 2.01. The van der Waals surface area contributed by atoms with Crippen LogP contribution >= 0.6 is 0 Å². The number of aromatic nitrogens is 3. The molecule has 0 aliphatic heterocycles. The molecule has 1 aromatic carbocycles. The number of aromatic amines is 1. The number of amides is 1. The van der Waals surface area contributed by atoms with Crippen molar-refractivity contribution < 1.29 is 17.9 Å². The first-order valence-electron chi connectivity index (χ1n) is 8.86. The summed E-state index contributed by atoms with van der Waals surface area (Å²) in [4.78, 5) is 16.7. The number of carbonyl (C=O) groups is 1. The number of nitrogens with one attached hydrogen (secondary N) is 2. The minimum Gasteiger partial charge on any atom is -0.354 e. The monoisotopic (exact) mass is 402 g/mol. The Morgan fingerprint density at radius 1 is 1.43 bits per heavy atom. The van der Waals surface area contributed by atoms with Gasteiger partial charge in [-0.1, -0.05) is 0 Å². The lowest BCUT2D eigenvalue weighted by molar-refractivity contribution is 0.0959. The zero-order valence-corrected chi connectivity index (χ0v) is 16.2. The molecule has 3 N–H and O–H groups in total. The van der Waals surface area contributed by atoms with Crippen LogP contribution in [0.3, 0.4) is 0 Å². The molecule has 9 heteroatoms. The second-order valence-electron chi connectivity index (χ2n) is 6.96. The molecular weight excluding hydrogens is 383 g/mol. The molecule has 7 nitrogen and oxygen atoms in total. The largest absolute Gasteiger partial charge is 0.354 e. The van der Waals surface area contributed by atoms with E-state index < -0.39 is 22.8 Å². The summed E-state index contributed by atoms with van der Waals surface area (Å²) < 4.78 is 35.4. The third kappa shape index (κ3) is 3.20. The molecule has 1 saturated carbocycles. The van der Waals surface area contributed by atoms with Gasteiger partial charge in [0.2, 0.25) is 0 Å². The number of pyridine rings is 1. The van der Waals surface area contributed by atoms with Crippen molar-refractivity contribution in [2.75, 3.05) is 7.05 Å². The van der Waals surface area contributed by atoms with Crippen LogP contribution in [0.25, 0.3) is 22.0 Å². The first-order chi connectivity index (χ1) is 13.4. The molecule has 2 heterocycles. The zero-order valence-electron chi connectivity index (χ0n) is 15.4. The van der Waals surface area contributed by atoms with Crippen molar-refractivity contribution in [3.05, 3.63) is 46.7 Å². The van der Waals surface area contributed by atoms with Gasteiger partial charge in [-0.25, -0.2) is 13.6 Å². The fourth-order valence-corrected chi connectivity index (χ4v) is 4.04. The molecule has 1 unspecified atom stereocenters. The van der Waals surface area contributed by atoms with Gasteiger partial charge in [-0.05, 0) is 43.0 Å². The Hall–Kier alpha value is -2.65.